The molecule has 0 saturated carbocycles. The smallest absolute Gasteiger partial charge is 0.262 e. The van der Waals surface area contributed by atoms with E-state index in [9.17, 15) is 4.79 Å². The molecule has 0 unspecified atom stereocenters. The maximum atomic E-state index is 12.2. The Morgan fingerprint density at radius 2 is 2.26 bits per heavy atom. The summed E-state index contributed by atoms with van der Waals surface area (Å²) in [7, 11) is 0. The molecule has 3 aromatic rings. The monoisotopic (exact) mass is 330 g/mol. The van der Waals surface area contributed by atoms with Crippen LogP contribution in [0.25, 0.3) is 16.7 Å². The van der Waals surface area contributed by atoms with Crippen molar-refractivity contribution in [3.8, 4) is 5.69 Å². The second-order valence-electron chi connectivity index (χ2n) is 5.05. The van der Waals surface area contributed by atoms with Gasteiger partial charge in [0, 0.05) is 12.4 Å². The van der Waals surface area contributed by atoms with Gasteiger partial charge in [-0.15, -0.1) is 0 Å². The summed E-state index contributed by atoms with van der Waals surface area (Å²) in [4.78, 5) is 19.5. The van der Waals surface area contributed by atoms with Crippen LogP contribution in [0.1, 0.15) is 12.5 Å². The predicted octanol–water partition coefficient (Wildman–Crippen LogP) is 2.55. The predicted molar refractivity (Wildman–Crippen MR) is 91.4 cm³/mol. The Morgan fingerprint density at radius 1 is 1.39 bits per heavy atom. The van der Waals surface area contributed by atoms with E-state index in [0.29, 0.717) is 29.4 Å². The number of H-pyrrole nitrogens is 1. The number of hydrogen-bond donors (Lipinski definition) is 1. The van der Waals surface area contributed by atoms with Gasteiger partial charge in [0.2, 0.25) is 0 Å². The van der Waals surface area contributed by atoms with E-state index in [4.69, 9.17) is 4.74 Å². The number of hydrogen-bond acceptors (Lipinski definition) is 5. The van der Waals surface area contributed by atoms with Crippen LogP contribution in [-0.2, 0) is 4.74 Å². The Hall–Kier alpha value is -2.12. The largest absolute Gasteiger partial charge is 0.381 e. The number of thioether (sulfide) groups is 1. The molecule has 2 aromatic heterocycles. The fourth-order valence-electron chi connectivity index (χ4n) is 2.26. The molecule has 0 aliphatic rings. The number of rotatable bonds is 6. The first-order chi connectivity index (χ1) is 11.2. The summed E-state index contributed by atoms with van der Waals surface area (Å²) in [5.41, 5.74) is 2.41. The van der Waals surface area contributed by atoms with Crippen molar-refractivity contribution in [1.29, 1.82) is 0 Å². The third-order valence-electron chi connectivity index (χ3n) is 3.33. The summed E-state index contributed by atoms with van der Waals surface area (Å²) in [5, 5.41) is 5.39. The summed E-state index contributed by atoms with van der Waals surface area (Å²) in [6.45, 7) is 5.28. The van der Waals surface area contributed by atoms with Gasteiger partial charge < -0.3 is 9.72 Å². The summed E-state index contributed by atoms with van der Waals surface area (Å²) < 4.78 is 7.00. The molecule has 0 spiro atoms. The van der Waals surface area contributed by atoms with Crippen molar-refractivity contribution in [3.05, 3.63) is 46.4 Å². The van der Waals surface area contributed by atoms with Crippen LogP contribution in [0.5, 0.6) is 0 Å². The molecule has 0 radical (unpaired) electrons. The number of nitrogens with zero attached hydrogens (tertiary/aromatic N) is 3. The maximum Gasteiger partial charge on any atom is 0.262 e. The van der Waals surface area contributed by atoms with Crippen molar-refractivity contribution in [2.24, 2.45) is 0 Å². The number of aryl methyl sites for hydroxylation is 1. The molecule has 0 aliphatic heterocycles. The van der Waals surface area contributed by atoms with E-state index >= 15 is 0 Å². The fraction of sp³-hybridized carbons (Fsp3) is 0.312. The topological polar surface area (TPSA) is 72.8 Å². The highest BCUT2D eigenvalue weighted by Crippen LogP contribution is 2.18. The molecule has 6 nitrogen and oxygen atoms in total. The number of aromatic amines is 1. The highest BCUT2D eigenvalue weighted by Gasteiger charge is 2.11. The van der Waals surface area contributed by atoms with Crippen LogP contribution >= 0.6 is 11.8 Å². The lowest BCUT2D eigenvalue weighted by atomic mass is 10.2. The zero-order valence-electron chi connectivity index (χ0n) is 13.1. The van der Waals surface area contributed by atoms with Gasteiger partial charge in [-0.1, -0.05) is 23.9 Å². The van der Waals surface area contributed by atoms with E-state index in [-0.39, 0.29) is 5.56 Å². The van der Waals surface area contributed by atoms with E-state index in [0.717, 1.165) is 17.0 Å². The van der Waals surface area contributed by atoms with Crippen LogP contribution < -0.4 is 5.56 Å². The molecule has 3 rings (SSSR count). The first-order valence-corrected chi connectivity index (χ1v) is 8.43. The summed E-state index contributed by atoms with van der Waals surface area (Å²) in [5.74, 6) is 0.737. The number of ether oxygens (including phenoxy) is 1. The number of fused-ring (bicyclic) bond motifs is 1. The van der Waals surface area contributed by atoms with Gasteiger partial charge in [0.05, 0.1) is 18.5 Å². The van der Waals surface area contributed by atoms with Crippen LogP contribution in [0.15, 0.2) is 40.4 Å². The Labute approximate surface area is 137 Å². The highest BCUT2D eigenvalue weighted by atomic mass is 32.2. The zero-order chi connectivity index (χ0) is 16.2. The Balaban J connectivity index is 1.97. The molecule has 7 heteroatoms. The first-order valence-electron chi connectivity index (χ1n) is 7.44. The van der Waals surface area contributed by atoms with Crippen LogP contribution in [0, 0.1) is 6.92 Å². The molecule has 1 N–H and O–H groups in total. The van der Waals surface area contributed by atoms with E-state index in [1.54, 1.807) is 10.9 Å². The summed E-state index contributed by atoms with van der Waals surface area (Å²) >= 11 is 1.47. The normalized spacial score (nSPS) is 11.2. The lowest BCUT2D eigenvalue weighted by Gasteiger charge is -2.05. The molecule has 0 amide bonds. The van der Waals surface area contributed by atoms with Crippen molar-refractivity contribution >= 4 is 22.8 Å². The van der Waals surface area contributed by atoms with Crippen molar-refractivity contribution in [3.63, 3.8) is 0 Å². The highest BCUT2D eigenvalue weighted by molar-refractivity contribution is 7.99. The van der Waals surface area contributed by atoms with Gasteiger partial charge in [-0.2, -0.15) is 5.10 Å². The molecule has 0 atom stereocenters. The van der Waals surface area contributed by atoms with Crippen LogP contribution in [0.2, 0.25) is 0 Å². The minimum Gasteiger partial charge on any atom is -0.381 e. The van der Waals surface area contributed by atoms with E-state index in [1.165, 1.54) is 11.8 Å². The van der Waals surface area contributed by atoms with Gasteiger partial charge in [0.25, 0.3) is 5.56 Å². The standard InChI is InChI=1S/C16H18N4O2S/c1-3-22-7-8-23-16-18-14-13(15(21)19-16)10-17-20(14)12-6-4-5-11(2)9-12/h4-6,9-10H,3,7-8H2,1-2H3,(H,18,19,21). The van der Waals surface area contributed by atoms with Crippen molar-refractivity contribution in [2.45, 2.75) is 19.0 Å². The Morgan fingerprint density at radius 3 is 3.04 bits per heavy atom. The number of nitrogens with one attached hydrogen (secondary N) is 1. The minimum atomic E-state index is -0.173. The van der Waals surface area contributed by atoms with E-state index < -0.39 is 0 Å². The molecule has 0 saturated heterocycles. The number of benzene rings is 1. The van der Waals surface area contributed by atoms with Gasteiger partial charge in [-0.25, -0.2) is 9.67 Å². The summed E-state index contributed by atoms with van der Waals surface area (Å²) in [6.07, 6.45) is 1.55. The SMILES string of the molecule is CCOCCSc1nc2c(cnn2-c2cccc(C)c2)c(=O)[nH]1. The van der Waals surface area contributed by atoms with Crippen LogP contribution in [0.3, 0.4) is 0 Å². The van der Waals surface area contributed by atoms with Crippen molar-refractivity contribution in [2.75, 3.05) is 19.0 Å². The number of aromatic nitrogens is 4. The lowest BCUT2D eigenvalue weighted by molar-refractivity contribution is 0.164. The second-order valence-corrected chi connectivity index (χ2v) is 6.13. The van der Waals surface area contributed by atoms with E-state index in [1.807, 2.05) is 38.1 Å². The van der Waals surface area contributed by atoms with Crippen molar-refractivity contribution < 1.29 is 4.74 Å². The van der Waals surface area contributed by atoms with Gasteiger partial charge in [0.1, 0.15) is 5.39 Å². The molecule has 0 aliphatic carbocycles. The first kappa shape index (κ1) is 15.8. The Kier molecular flexibility index (Phi) is 4.78. The third-order valence-corrected chi connectivity index (χ3v) is 4.17. The molecular weight excluding hydrogens is 312 g/mol. The molecular formula is C16H18N4O2S. The van der Waals surface area contributed by atoms with Gasteiger partial charge in [-0.3, -0.25) is 4.79 Å². The maximum absolute atomic E-state index is 12.2. The molecule has 1 aromatic carbocycles. The molecule has 23 heavy (non-hydrogen) atoms. The molecule has 0 bridgehead atoms. The molecule has 0 fully saturated rings. The van der Waals surface area contributed by atoms with Gasteiger partial charge in [-0.05, 0) is 31.5 Å². The quantitative estimate of drug-likeness (QED) is 0.427. The van der Waals surface area contributed by atoms with E-state index in [2.05, 4.69) is 15.1 Å². The Bertz CT molecular complexity index is 872. The zero-order valence-corrected chi connectivity index (χ0v) is 13.9. The van der Waals surface area contributed by atoms with Crippen LogP contribution in [-0.4, -0.2) is 38.7 Å². The average molecular weight is 330 g/mol. The molecule has 120 valence electrons. The molecule has 2 heterocycles. The fourth-order valence-corrected chi connectivity index (χ4v) is 2.97. The second kappa shape index (κ2) is 6.97. The third kappa shape index (κ3) is 3.46. The average Bonchev–Trinajstić information content (AvgIpc) is 2.96. The van der Waals surface area contributed by atoms with Crippen LogP contribution in [0.4, 0.5) is 0 Å². The van der Waals surface area contributed by atoms with Gasteiger partial charge in [0.15, 0.2) is 10.8 Å². The lowest BCUT2D eigenvalue weighted by Crippen LogP contribution is -2.10. The summed E-state index contributed by atoms with van der Waals surface area (Å²) in [6, 6.07) is 7.94. The van der Waals surface area contributed by atoms with Crippen molar-refractivity contribution in [1.82, 2.24) is 19.7 Å². The van der Waals surface area contributed by atoms with Gasteiger partial charge >= 0.3 is 0 Å². The minimum absolute atomic E-state index is 0.173.